The second-order valence-corrected chi connectivity index (χ2v) is 5.20. The predicted octanol–water partition coefficient (Wildman–Crippen LogP) is 3.83. The second-order valence-electron chi connectivity index (χ2n) is 4.79. The summed E-state index contributed by atoms with van der Waals surface area (Å²) in [5.41, 5.74) is 0.736. The fourth-order valence-corrected chi connectivity index (χ4v) is 1.98. The molecule has 0 fully saturated rings. The van der Waals surface area contributed by atoms with E-state index in [4.69, 9.17) is 16.3 Å². The summed E-state index contributed by atoms with van der Waals surface area (Å²) in [5, 5.41) is 3.12. The van der Waals surface area contributed by atoms with Gasteiger partial charge >= 0.3 is 0 Å². The number of rotatable bonds is 5. The molecule has 0 bridgehead atoms. The molecular formula is C19H14ClF2NO2. The Balaban J connectivity index is 1.73. The number of carbonyl (C=O) groups is 1. The highest BCUT2D eigenvalue weighted by atomic mass is 35.5. The maximum atomic E-state index is 13.3. The van der Waals surface area contributed by atoms with Crippen LogP contribution < -0.4 is 10.1 Å². The van der Waals surface area contributed by atoms with Gasteiger partial charge < -0.3 is 10.1 Å². The molecule has 0 heterocycles. The van der Waals surface area contributed by atoms with Crippen molar-refractivity contribution in [1.82, 2.24) is 5.32 Å². The fourth-order valence-electron chi connectivity index (χ4n) is 1.79. The maximum absolute atomic E-state index is 13.3. The van der Waals surface area contributed by atoms with Crippen LogP contribution in [0.15, 0.2) is 48.5 Å². The van der Waals surface area contributed by atoms with Crippen molar-refractivity contribution in [3.8, 4) is 17.6 Å². The lowest BCUT2D eigenvalue weighted by Crippen LogP contribution is -2.21. The molecule has 0 radical (unpaired) electrons. The Morgan fingerprint density at radius 3 is 2.76 bits per heavy atom. The lowest BCUT2D eigenvalue weighted by Gasteiger charge is -2.02. The predicted molar refractivity (Wildman–Crippen MR) is 93.1 cm³/mol. The SMILES string of the molecule is O=C(/C=C/c1ccccc1Cl)NCC#CCOc1ccc(F)cc1F. The molecule has 0 spiro atoms. The minimum absolute atomic E-state index is 0.0755. The van der Waals surface area contributed by atoms with Crippen molar-refractivity contribution in [3.63, 3.8) is 0 Å². The van der Waals surface area contributed by atoms with E-state index in [1.807, 2.05) is 6.07 Å². The summed E-state index contributed by atoms with van der Waals surface area (Å²) >= 11 is 5.97. The van der Waals surface area contributed by atoms with E-state index in [-0.39, 0.29) is 24.8 Å². The van der Waals surface area contributed by atoms with Gasteiger partial charge in [0.05, 0.1) is 6.54 Å². The number of hydrogen-bond donors (Lipinski definition) is 1. The number of halogens is 3. The molecule has 0 aliphatic rings. The molecule has 25 heavy (non-hydrogen) atoms. The smallest absolute Gasteiger partial charge is 0.244 e. The summed E-state index contributed by atoms with van der Waals surface area (Å²) in [6, 6.07) is 10.2. The molecule has 0 unspecified atom stereocenters. The molecule has 0 aliphatic carbocycles. The van der Waals surface area contributed by atoms with Gasteiger partial charge in [-0.05, 0) is 29.8 Å². The number of carbonyl (C=O) groups excluding carboxylic acids is 1. The first-order valence-electron chi connectivity index (χ1n) is 7.30. The fraction of sp³-hybridized carbons (Fsp3) is 0.105. The molecule has 2 rings (SSSR count). The molecule has 0 atom stereocenters. The largest absolute Gasteiger partial charge is 0.478 e. The zero-order valence-corrected chi connectivity index (χ0v) is 13.8. The Morgan fingerprint density at radius 1 is 1.20 bits per heavy atom. The Hall–Kier alpha value is -2.84. The molecule has 0 saturated heterocycles. The van der Waals surface area contributed by atoms with Crippen LogP contribution >= 0.6 is 11.6 Å². The van der Waals surface area contributed by atoms with Crippen LogP contribution in [0.3, 0.4) is 0 Å². The van der Waals surface area contributed by atoms with Crippen LogP contribution in [-0.2, 0) is 4.79 Å². The number of benzene rings is 2. The van der Waals surface area contributed by atoms with Gasteiger partial charge in [-0.2, -0.15) is 0 Å². The van der Waals surface area contributed by atoms with Crippen LogP contribution in [0.1, 0.15) is 5.56 Å². The van der Waals surface area contributed by atoms with E-state index in [2.05, 4.69) is 17.2 Å². The Labute approximate surface area is 149 Å². The molecule has 0 saturated carbocycles. The lowest BCUT2D eigenvalue weighted by atomic mass is 10.2. The highest BCUT2D eigenvalue weighted by Gasteiger charge is 2.03. The van der Waals surface area contributed by atoms with E-state index < -0.39 is 11.6 Å². The minimum Gasteiger partial charge on any atom is -0.478 e. The molecule has 6 heteroatoms. The number of nitrogens with one attached hydrogen (secondary N) is 1. The van der Waals surface area contributed by atoms with Gasteiger partial charge in [0, 0.05) is 17.2 Å². The van der Waals surface area contributed by atoms with E-state index in [0.717, 1.165) is 17.7 Å². The highest BCUT2D eigenvalue weighted by Crippen LogP contribution is 2.17. The van der Waals surface area contributed by atoms with Crippen molar-refractivity contribution in [1.29, 1.82) is 0 Å². The topological polar surface area (TPSA) is 38.3 Å². The third kappa shape index (κ3) is 6.28. The van der Waals surface area contributed by atoms with Crippen LogP contribution in [0.25, 0.3) is 6.08 Å². The van der Waals surface area contributed by atoms with Crippen molar-refractivity contribution in [2.45, 2.75) is 0 Å². The number of hydrogen-bond acceptors (Lipinski definition) is 2. The van der Waals surface area contributed by atoms with Gasteiger partial charge in [-0.3, -0.25) is 4.79 Å². The summed E-state index contributed by atoms with van der Waals surface area (Å²) in [7, 11) is 0. The van der Waals surface area contributed by atoms with Gasteiger partial charge in [0.15, 0.2) is 11.6 Å². The van der Waals surface area contributed by atoms with Gasteiger partial charge in [-0.25, -0.2) is 8.78 Å². The zero-order valence-electron chi connectivity index (χ0n) is 13.1. The van der Waals surface area contributed by atoms with Crippen molar-refractivity contribution in [2.24, 2.45) is 0 Å². The van der Waals surface area contributed by atoms with Crippen molar-refractivity contribution in [3.05, 3.63) is 70.8 Å². The van der Waals surface area contributed by atoms with Crippen LogP contribution in [0.4, 0.5) is 8.78 Å². The lowest BCUT2D eigenvalue weighted by molar-refractivity contribution is -0.116. The second kappa shape index (κ2) is 9.45. The van der Waals surface area contributed by atoms with E-state index in [9.17, 15) is 13.6 Å². The number of ether oxygens (including phenoxy) is 1. The quantitative estimate of drug-likeness (QED) is 0.649. The summed E-state index contributed by atoms with van der Waals surface area (Å²) in [6.45, 7) is 0.0365. The minimum atomic E-state index is -0.792. The van der Waals surface area contributed by atoms with Crippen LogP contribution in [-0.4, -0.2) is 19.1 Å². The van der Waals surface area contributed by atoms with E-state index in [1.54, 1.807) is 24.3 Å². The normalized spacial score (nSPS) is 10.2. The summed E-state index contributed by atoms with van der Waals surface area (Å²) in [6.07, 6.45) is 2.96. The van der Waals surface area contributed by atoms with Crippen molar-refractivity contribution < 1.29 is 18.3 Å². The molecule has 2 aromatic rings. The first-order valence-corrected chi connectivity index (χ1v) is 7.68. The number of amides is 1. The average Bonchev–Trinajstić information content (AvgIpc) is 2.59. The standard InChI is InChI=1S/C19H14ClF2NO2/c20-16-6-2-1-5-14(16)7-10-19(24)23-11-3-4-12-25-18-9-8-15(21)13-17(18)22/h1-2,5-10,13H,11-12H2,(H,23,24)/b10-7+. The van der Waals surface area contributed by atoms with E-state index in [1.165, 1.54) is 12.1 Å². The molecule has 2 aromatic carbocycles. The van der Waals surface area contributed by atoms with Gasteiger partial charge in [-0.1, -0.05) is 41.6 Å². The molecule has 0 aromatic heterocycles. The zero-order chi connectivity index (χ0) is 18.1. The van der Waals surface area contributed by atoms with Crippen LogP contribution in [0, 0.1) is 23.5 Å². The molecule has 0 aliphatic heterocycles. The Bertz CT molecular complexity index is 841. The van der Waals surface area contributed by atoms with Crippen molar-refractivity contribution in [2.75, 3.05) is 13.2 Å². The van der Waals surface area contributed by atoms with Gasteiger partial charge in [-0.15, -0.1) is 0 Å². The summed E-state index contributed by atoms with van der Waals surface area (Å²) in [5.74, 6) is 3.41. The Morgan fingerprint density at radius 2 is 2.00 bits per heavy atom. The van der Waals surface area contributed by atoms with Gasteiger partial charge in [0.2, 0.25) is 5.91 Å². The molecular weight excluding hydrogens is 348 g/mol. The van der Waals surface area contributed by atoms with Gasteiger partial charge in [0.25, 0.3) is 0 Å². The summed E-state index contributed by atoms with van der Waals surface area (Å²) < 4.78 is 31.1. The first-order chi connectivity index (χ1) is 12.1. The summed E-state index contributed by atoms with van der Waals surface area (Å²) in [4.78, 5) is 11.6. The van der Waals surface area contributed by atoms with Crippen molar-refractivity contribution >= 4 is 23.6 Å². The molecule has 1 N–H and O–H groups in total. The molecule has 1 amide bonds. The maximum Gasteiger partial charge on any atom is 0.244 e. The first kappa shape index (κ1) is 18.5. The Kier molecular flexibility index (Phi) is 7.00. The van der Waals surface area contributed by atoms with E-state index >= 15 is 0 Å². The molecule has 128 valence electrons. The van der Waals surface area contributed by atoms with Crippen LogP contribution in [0.2, 0.25) is 5.02 Å². The highest BCUT2D eigenvalue weighted by molar-refractivity contribution is 6.32. The third-order valence-corrected chi connectivity index (χ3v) is 3.33. The monoisotopic (exact) mass is 361 g/mol. The molecule has 3 nitrogen and oxygen atoms in total. The average molecular weight is 362 g/mol. The van der Waals surface area contributed by atoms with Crippen LogP contribution in [0.5, 0.6) is 5.75 Å². The third-order valence-electron chi connectivity index (χ3n) is 2.99. The van der Waals surface area contributed by atoms with Gasteiger partial charge in [0.1, 0.15) is 12.4 Å². The van der Waals surface area contributed by atoms with E-state index in [0.29, 0.717) is 5.02 Å².